The third kappa shape index (κ3) is 2.49. The minimum atomic E-state index is -3.62. The van der Waals surface area contributed by atoms with Crippen LogP contribution in [0.2, 0.25) is 0 Å². The summed E-state index contributed by atoms with van der Waals surface area (Å²) in [6.07, 6.45) is -0.474. The number of anilines is 1. The van der Waals surface area contributed by atoms with Crippen molar-refractivity contribution in [3.8, 4) is 0 Å². The highest BCUT2D eigenvalue weighted by atomic mass is 32.2. The fourth-order valence-corrected chi connectivity index (χ4v) is 3.45. The number of nitrogens with zero attached hydrogens (tertiary/aromatic N) is 1. The van der Waals surface area contributed by atoms with Crippen LogP contribution in [0.1, 0.15) is 0 Å². The monoisotopic (exact) mass is 272 g/mol. The molecule has 3 N–H and O–H groups in total. The van der Waals surface area contributed by atoms with E-state index >= 15 is 0 Å². The van der Waals surface area contributed by atoms with Crippen LogP contribution in [0.4, 0.5) is 5.69 Å². The number of rotatable bonds is 3. The number of hydrogen-bond donors (Lipinski definition) is 2. The zero-order chi connectivity index (χ0) is 13.2. The first kappa shape index (κ1) is 13.3. The summed E-state index contributed by atoms with van der Waals surface area (Å²) < 4.78 is 31.3. The first-order valence-corrected chi connectivity index (χ1v) is 7.07. The standard InChI is InChI=1S/C11H16N2O4S/c12-10-3-1-2-4-11(10)18(15,16)13-5-6-17-9(7-13)8-14/h1-4,9,14H,5-8,12H2. The first-order valence-electron chi connectivity index (χ1n) is 5.63. The van der Waals surface area contributed by atoms with Gasteiger partial charge in [0.2, 0.25) is 10.0 Å². The van der Waals surface area contributed by atoms with E-state index < -0.39 is 16.1 Å². The van der Waals surface area contributed by atoms with E-state index in [0.29, 0.717) is 0 Å². The molecule has 1 aliphatic rings. The highest BCUT2D eigenvalue weighted by molar-refractivity contribution is 7.89. The zero-order valence-corrected chi connectivity index (χ0v) is 10.6. The first-order chi connectivity index (χ1) is 8.55. The van der Waals surface area contributed by atoms with Crippen LogP contribution in [0, 0.1) is 0 Å². The summed E-state index contributed by atoms with van der Waals surface area (Å²) in [6.45, 7) is 0.494. The second-order valence-corrected chi connectivity index (χ2v) is 5.98. The number of nitrogen functional groups attached to an aromatic ring is 1. The lowest BCUT2D eigenvalue weighted by molar-refractivity contribution is -0.0304. The molecular formula is C11H16N2O4S. The van der Waals surface area contributed by atoms with Crippen LogP contribution in [0.3, 0.4) is 0 Å². The number of para-hydroxylation sites is 1. The Hall–Kier alpha value is -1.15. The lowest BCUT2D eigenvalue weighted by atomic mass is 10.3. The van der Waals surface area contributed by atoms with Gasteiger partial charge in [0, 0.05) is 13.1 Å². The SMILES string of the molecule is Nc1ccccc1S(=O)(=O)N1CCOC(CO)C1. The molecule has 18 heavy (non-hydrogen) atoms. The predicted molar refractivity (Wildman–Crippen MR) is 66.4 cm³/mol. The molecule has 0 aromatic heterocycles. The molecule has 100 valence electrons. The number of aliphatic hydroxyl groups is 1. The summed E-state index contributed by atoms with van der Waals surface area (Å²) in [4.78, 5) is 0.101. The van der Waals surface area contributed by atoms with Gasteiger partial charge in [0.1, 0.15) is 4.90 Å². The minimum Gasteiger partial charge on any atom is -0.398 e. The summed E-state index contributed by atoms with van der Waals surface area (Å²) in [6, 6.07) is 6.35. The van der Waals surface area contributed by atoms with Crippen molar-refractivity contribution in [3.63, 3.8) is 0 Å². The van der Waals surface area contributed by atoms with E-state index in [2.05, 4.69) is 0 Å². The molecule has 0 spiro atoms. The van der Waals surface area contributed by atoms with Gasteiger partial charge in [-0.3, -0.25) is 0 Å². The second-order valence-electron chi connectivity index (χ2n) is 4.08. The fraction of sp³-hybridized carbons (Fsp3) is 0.455. The summed E-state index contributed by atoms with van der Waals surface area (Å²) in [5, 5.41) is 9.03. The molecule has 1 atom stereocenters. The van der Waals surface area contributed by atoms with Crippen molar-refractivity contribution in [2.24, 2.45) is 0 Å². The number of benzene rings is 1. The van der Waals surface area contributed by atoms with Crippen LogP contribution in [0.15, 0.2) is 29.2 Å². The van der Waals surface area contributed by atoms with E-state index in [1.54, 1.807) is 18.2 Å². The number of nitrogens with two attached hydrogens (primary N) is 1. The van der Waals surface area contributed by atoms with Crippen molar-refractivity contribution in [1.82, 2.24) is 4.31 Å². The molecular weight excluding hydrogens is 256 g/mol. The number of hydrogen-bond acceptors (Lipinski definition) is 5. The molecule has 0 aliphatic carbocycles. The van der Waals surface area contributed by atoms with Crippen LogP contribution < -0.4 is 5.73 Å². The summed E-state index contributed by atoms with van der Waals surface area (Å²) in [5.74, 6) is 0. The van der Waals surface area contributed by atoms with Gasteiger partial charge in [-0.1, -0.05) is 12.1 Å². The molecule has 0 saturated carbocycles. The molecule has 2 rings (SSSR count). The Morgan fingerprint density at radius 1 is 1.44 bits per heavy atom. The van der Waals surface area contributed by atoms with Crippen molar-refractivity contribution in [1.29, 1.82) is 0 Å². The Morgan fingerprint density at radius 2 is 2.17 bits per heavy atom. The number of aliphatic hydroxyl groups excluding tert-OH is 1. The van der Waals surface area contributed by atoms with Gasteiger partial charge in [-0.2, -0.15) is 4.31 Å². The van der Waals surface area contributed by atoms with Crippen LogP contribution >= 0.6 is 0 Å². The molecule has 1 unspecified atom stereocenters. The predicted octanol–water partition coefficient (Wildman–Crippen LogP) is -0.349. The molecule has 1 heterocycles. The van der Waals surface area contributed by atoms with Crippen molar-refractivity contribution in [3.05, 3.63) is 24.3 Å². The zero-order valence-electron chi connectivity index (χ0n) is 9.82. The van der Waals surface area contributed by atoms with Gasteiger partial charge in [-0.25, -0.2) is 8.42 Å². The number of morpholine rings is 1. The van der Waals surface area contributed by atoms with E-state index in [1.165, 1.54) is 10.4 Å². The lowest BCUT2D eigenvalue weighted by Crippen LogP contribution is -2.46. The Kier molecular flexibility index (Phi) is 3.86. The van der Waals surface area contributed by atoms with Crippen molar-refractivity contribution >= 4 is 15.7 Å². The Balaban J connectivity index is 2.29. The quantitative estimate of drug-likeness (QED) is 0.734. The van der Waals surface area contributed by atoms with Gasteiger partial charge in [0.05, 0.1) is 25.0 Å². The van der Waals surface area contributed by atoms with Gasteiger partial charge >= 0.3 is 0 Å². The lowest BCUT2D eigenvalue weighted by Gasteiger charge is -2.31. The fourth-order valence-electron chi connectivity index (χ4n) is 1.88. The molecule has 1 aliphatic heterocycles. The molecule has 0 bridgehead atoms. The summed E-state index contributed by atoms with van der Waals surface area (Å²) >= 11 is 0. The molecule has 6 nitrogen and oxygen atoms in total. The van der Waals surface area contributed by atoms with Crippen LogP contribution in [-0.4, -0.2) is 50.2 Å². The van der Waals surface area contributed by atoms with Crippen LogP contribution in [0.5, 0.6) is 0 Å². The smallest absolute Gasteiger partial charge is 0.245 e. The maximum atomic E-state index is 12.4. The molecule has 1 saturated heterocycles. The highest BCUT2D eigenvalue weighted by Gasteiger charge is 2.31. The van der Waals surface area contributed by atoms with Crippen molar-refractivity contribution < 1.29 is 18.3 Å². The van der Waals surface area contributed by atoms with Gasteiger partial charge < -0.3 is 15.6 Å². The Morgan fingerprint density at radius 3 is 2.83 bits per heavy atom. The van der Waals surface area contributed by atoms with Gasteiger partial charge in [-0.15, -0.1) is 0 Å². The second kappa shape index (κ2) is 5.23. The van der Waals surface area contributed by atoms with E-state index in [1.807, 2.05) is 0 Å². The van der Waals surface area contributed by atoms with Gasteiger partial charge in [-0.05, 0) is 12.1 Å². The average Bonchev–Trinajstić information content (AvgIpc) is 2.39. The Labute approximate surface area is 106 Å². The van der Waals surface area contributed by atoms with Gasteiger partial charge in [0.15, 0.2) is 0 Å². The third-order valence-corrected chi connectivity index (χ3v) is 4.78. The molecule has 1 aromatic rings. The molecule has 0 radical (unpaired) electrons. The molecule has 1 fully saturated rings. The highest BCUT2D eigenvalue weighted by Crippen LogP contribution is 2.23. The summed E-state index contributed by atoms with van der Waals surface area (Å²) in [5.41, 5.74) is 5.92. The largest absolute Gasteiger partial charge is 0.398 e. The Bertz CT molecular complexity index is 518. The van der Waals surface area contributed by atoms with E-state index in [0.717, 1.165) is 0 Å². The average molecular weight is 272 g/mol. The van der Waals surface area contributed by atoms with Crippen molar-refractivity contribution in [2.75, 3.05) is 32.0 Å². The topological polar surface area (TPSA) is 92.9 Å². The number of ether oxygens (including phenoxy) is 1. The van der Waals surface area contributed by atoms with Crippen LogP contribution in [0.25, 0.3) is 0 Å². The maximum absolute atomic E-state index is 12.4. The third-order valence-electron chi connectivity index (χ3n) is 2.84. The van der Waals surface area contributed by atoms with E-state index in [4.69, 9.17) is 15.6 Å². The molecule has 1 aromatic carbocycles. The van der Waals surface area contributed by atoms with Crippen molar-refractivity contribution in [2.45, 2.75) is 11.0 Å². The minimum absolute atomic E-state index is 0.101. The molecule has 0 amide bonds. The summed E-state index contributed by atoms with van der Waals surface area (Å²) in [7, 11) is -3.62. The maximum Gasteiger partial charge on any atom is 0.245 e. The normalized spacial score (nSPS) is 21.9. The van der Waals surface area contributed by atoms with Gasteiger partial charge in [0.25, 0.3) is 0 Å². The molecule has 7 heteroatoms. The van der Waals surface area contributed by atoms with E-state index in [9.17, 15) is 8.42 Å². The van der Waals surface area contributed by atoms with E-state index in [-0.39, 0.29) is 36.9 Å². The van der Waals surface area contributed by atoms with Crippen LogP contribution in [-0.2, 0) is 14.8 Å². The number of sulfonamides is 1.